The third-order valence-electron chi connectivity index (χ3n) is 6.34. The van der Waals surface area contributed by atoms with Gasteiger partial charge in [0, 0.05) is 6.54 Å². The van der Waals surface area contributed by atoms with E-state index in [-0.39, 0.29) is 58.8 Å². The summed E-state index contributed by atoms with van der Waals surface area (Å²) in [4.78, 5) is 52.1. The summed E-state index contributed by atoms with van der Waals surface area (Å²) >= 11 is 0. The largest absolute Gasteiger partial charge is 0.460 e. The summed E-state index contributed by atoms with van der Waals surface area (Å²) in [6.45, 7) is 16.2. The van der Waals surface area contributed by atoms with Crippen molar-refractivity contribution in [1.29, 1.82) is 0 Å². The van der Waals surface area contributed by atoms with Gasteiger partial charge >= 0.3 is 24.0 Å². The number of rotatable bonds is 14. The summed E-state index contributed by atoms with van der Waals surface area (Å²) in [5.41, 5.74) is -1.14. The van der Waals surface area contributed by atoms with E-state index < -0.39 is 59.1 Å². The van der Waals surface area contributed by atoms with Crippen LogP contribution in [0.3, 0.4) is 0 Å². The lowest BCUT2D eigenvalue weighted by Crippen LogP contribution is -2.51. The molecule has 1 aromatic carbocycles. The average molecular weight is 678 g/mol. The van der Waals surface area contributed by atoms with Crippen LogP contribution < -0.4 is 0 Å². The van der Waals surface area contributed by atoms with Crippen LogP contribution in [-0.2, 0) is 54.1 Å². The minimum atomic E-state index is -0.856. The lowest BCUT2D eigenvalue weighted by Gasteiger charge is -2.36. The van der Waals surface area contributed by atoms with Crippen molar-refractivity contribution in [2.75, 3.05) is 32.9 Å². The van der Waals surface area contributed by atoms with Crippen molar-refractivity contribution in [3.05, 3.63) is 48.0 Å². The van der Waals surface area contributed by atoms with Crippen LogP contribution in [0.1, 0.15) is 87.1 Å². The van der Waals surface area contributed by atoms with Gasteiger partial charge in [0.1, 0.15) is 41.7 Å². The zero-order valence-corrected chi connectivity index (χ0v) is 30.1. The normalized spacial score (nSPS) is 19.4. The molecule has 1 aliphatic rings. The smallest absolute Gasteiger partial charge is 0.410 e. The molecule has 1 heterocycles. The maximum Gasteiger partial charge on any atom is 0.410 e. The summed E-state index contributed by atoms with van der Waals surface area (Å²) in [6, 6.07) is 9.31. The molecule has 12 nitrogen and oxygen atoms in total. The third-order valence-corrected chi connectivity index (χ3v) is 6.34. The van der Waals surface area contributed by atoms with Crippen LogP contribution >= 0.6 is 0 Å². The molecule has 0 aromatic heterocycles. The monoisotopic (exact) mass is 677 g/mol. The standard InChI is InChI=1S/C36H55NO11/c1-34(2,3)46-29(38)17-21-42-27-16-13-20-37(33(41)45-25-26-14-11-10-12-15-26)24-28(43-22-18-30(39)47-35(4,5)6)32(27)44-23-19-31(40)48-36(7,8)9/h10-16,27-28,32H,17-25H2,1-9H3/b16-13-/t27-,28+,32+/m1/s1. The van der Waals surface area contributed by atoms with Crippen LogP contribution in [0, 0.1) is 0 Å². The van der Waals surface area contributed by atoms with E-state index in [4.69, 9.17) is 33.2 Å². The molecule has 0 fully saturated rings. The number of ether oxygens (including phenoxy) is 7. The molecule has 3 atom stereocenters. The highest BCUT2D eigenvalue weighted by atomic mass is 16.6. The van der Waals surface area contributed by atoms with E-state index in [1.54, 1.807) is 74.5 Å². The molecule has 0 spiro atoms. The fourth-order valence-corrected chi connectivity index (χ4v) is 4.53. The first-order valence-electron chi connectivity index (χ1n) is 16.4. The Morgan fingerprint density at radius 2 is 1.17 bits per heavy atom. The van der Waals surface area contributed by atoms with E-state index in [2.05, 4.69) is 0 Å². The van der Waals surface area contributed by atoms with E-state index in [9.17, 15) is 19.2 Å². The Morgan fingerprint density at radius 3 is 1.67 bits per heavy atom. The first-order valence-corrected chi connectivity index (χ1v) is 16.4. The van der Waals surface area contributed by atoms with Gasteiger partial charge in [-0.1, -0.05) is 42.5 Å². The van der Waals surface area contributed by atoms with E-state index in [0.29, 0.717) is 0 Å². The van der Waals surface area contributed by atoms with Crippen molar-refractivity contribution in [3.63, 3.8) is 0 Å². The van der Waals surface area contributed by atoms with Gasteiger partial charge in [-0.05, 0) is 67.9 Å². The summed E-state index contributed by atoms with van der Waals surface area (Å²) in [6.07, 6.45) is 0.399. The summed E-state index contributed by atoms with van der Waals surface area (Å²) in [7, 11) is 0. The van der Waals surface area contributed by atoms with Crippen LogP contribution in [0.15, 0.2) is 42.5 Å². The SMILES string of the molecule is CC(C)(C)OC(=O)CCO[C@@H]1[C@@H](OCCC(=O)OC(C)(C)C)CN(C(=O)OCc2ccccc2)C/C=C\[C@H]1OCCC(=O)OC(C)(C)C. The van der Waals surface area contributed by atoms with Gasteiger partial charge in [0.2, 0.25) is 0 Å². The number of carbonyl (C=O) groups excluding carboxylic acids is 4. The third kappa shape index (κ3) is 17.6. The van der Waals surface area contributed by atoms with Crippen LogP contribution in [-0.4, -0.2) is 96.9 Å². The second-order valence-corrected chi connectivity index (χ2v) is 14.5. The Balaban J connectivity index is 2.29. The number of esters is 3. The predicted octanol–water partition coefficient (Wildman–Crippen LogP) is 5.55. The second kappa shape index (κ2) is 18.9. The van der Waals surface area contributed by atoms with Crippen molar-refractivity contribution in [2.45, 2.75) is 123 Å². The van der Waals surface area contributed by atoms with Crippen molar-refractivity contribution in [3.8, 4) is 0 Å². The Bertz CT molecular complexity index is 1200. The molecule has 0 aliphatic carbocycles. The molecule has 1 amide bonds. The van der Waals surface area contributed by atoms with Crippen molar-refractivity contribution < 1.29 is 52.3 Å². The molecule has 12 heteroatoms. The van der Waals surface area contributed by atoms with Gasteiger partial charge in [-0.2, -0.15) is 0 Å². The molecule has 0 saturated carbocycles. The zero-order chi connectivity index (χ0) is 36.0. The first kappa shape index (κ1) is 40.7. The summed E-state index contributed by atoms with van der Waals surface area (Å²) < 4.78 is 40.5. The maximum absolute atomic E-state index is 13.3. The molecule has 0 radical (unpaired) electrons. The Hall–Kier alpha value is -3.48. The molecule has 0 saturated heterocycles. The predicted molar refractivity (Wildman–Crippen MR) is 178 cm³/mol. The van der Waals surface area contributed by atoms with Gasteiger partial charge in [0.25, 0.3) is 0 Å². The quantitative estimate of drug-likeness (QED) is 0.139. The van der Waals surface area contributed by atoms with Gasteiger partial charge in [-0.25, -0.2) is 4.79 Å². The molecular formula is C36H55NO11. The van der Waals surface area contributed by atoms with Gasteiger partial charge in [0.15, 0.2) is 0 Å². The maximum atomic E-state index is 13.3. The zero-order valence-electron chi connectivity index (χ0n) is 30.1. The Morgan fingerprint density at radius 1 is 0.688 bits per heavy atom. The van der Waals surface area contributed by atoms with Crippen molar-refractivity contribution >= 4 is 24.0 Å². The molecule has 2 rings (SSSR count). The summed E-state index contributed by atoms with van der Waals surface area (Å²) in [5.74, 6) is -1.31. The van der Waals surface area contributed by atoms with E-state index in [1.165, 1.54) is 4.90 Å². The minimum Gasteiger partial charge on any atom is -0.460 e. The number of hydrogen-bond donors (Lipinski definition) is 0. The minimum absolute atomic E-state index is 0.00561. The Kier molecular flexibility index (Phi) is 16.0. The molecule has 0 bridgehead atoms. The highest BCUT2D eigenvalue weighted by molar-refractivity contribution is 5.71. The number of amides is 1. The molecule has 48 heavy (non-hydrogen) atoms. The topological polar surface area (TPSA) is 136 Å². The molecule has 270 valence electrons. The lowest BCUT2D eigenvalue weighted by atomic mass is 10.0. The number of carbonyl (C=O) groups is 4. The van der Waals surface area contributed by atoms with Gasteiger partial charge in [0.05, 0.1) is 45.6 Å². The first-order chi connectivity index (χ1) is 22.3. The highest BCUT2D eigenvalue weighted by Crippen LogP contribution is 2.21. The van der Waals surface area contributed by atoms with Crippen LogP contribution in [0.4, 0.5) is 4.79 Å². The number of nitrogens with zero attached hydrogens (tertiary/aromatic N) is 1. The molecule has 0 unspecified atom stereocenters. The fourth-order valence-electron chi connectivity index (χ4n) is 4.53. The van der Waals surface area contributed by atoms with E-state index in [1.807, 2.05) is 30.3 Å². The van der Waals surface area contributed by atoms with Crippen LogP contribution in [0.2, 0.25) is 0 Å². The van der Waals surface area contributed by atoms with E-state index >= 15 is 0 Å². The van der Waals surface area contributed by atoms with Gasteiger partial charge in [-0.3, -0.25) is 14.4 Å². The van der Waals surface area contributed by atoms with E-state index in [0.717, 1.165) is 5.56 Å². The fraction of sp³-hybridized carbons (Fsp3) is 0.667. The molecule has 1 aromatic rings. The average Bonchev–Trinajstić information content (AvgIpc) is 2.93. The van der Waals surface area contributed by atoms with Gasteiger partial charge in [-0.15, -0.1) is 0 Å². The van der Waals surface area contributed by atoms with Crippen molar-refractivity contribution in [1.82, 2.24) is 4.90 Å². The van der Waals surface area contributed by atoms with Crippen molar-refractivity contribution in [2.24, 2.45) is 0 Å². The van der Waals surface area contributed by atoms with Gasteiger partial charge < -0.3 is 38.1 Å². The molecule has 1 aliphatic heterocycles. The molecular weight excluding hydrogens is 622 g/mol. The summed E-state index contributed by atoms with van der Waals surface area (Å²) in [5, 5.41) is 0. The highest BCUT2D eigenvalue weighted by Gasteiger charge is 2.36. The Labute approximate surface area is 285 Å². The molecule has 0 N–H and O–H groups in total. The van der Waals surface area contributed by atoms with Crippen LogP contribution in [0.5, 0.6) is 0 Å². The number of benzene rings is 1. The number of hydrogen-bond acceptors (Lipinski definition) is 11. The second-order valence-electron chi connectivity index (χ2n) is 14.5. The lowest BCUT2D eigenvalue weighted by molar-refractivity contribution is -0.166. The van der Waals surface area contributed by atoms with Crippen LogP contribution in [0.25, 0.3) is 0 Å².